The molecule has 1 aliphatic rings. The van der Waals surface area contributed by atoms with Crippen LogP contribution >= 0.6 is 0 Å². The highest BCUT2D eigenvalue weighted by molar-refractivity contribution is 5.88. The van der Waals surface area contributed by atoms with Gasteiger partial charge in [-0.25, -0.2) is 9.78 Å². The van der Waals surface area contributed by atoms with Gasteiger partial charge in [-0.2, -0.15) is 0 Å². The summed E-state index contributed by atoms with van der Waals surface area (Å²) in [5.74, 6) is -0.286. The van der Waals surface area contributed by atoms with E-state index in [2.05, 4.69) is 4.98 Å². The van der Waals surface area contributed by atoms with E-state index in [0.717, 1.165) is 0 Å². The minimum Gasteiger partial charge on any atom is -0.478 e. The number of pyridine rings is 1. The van der Waals surface area contributed by atoms with E-state index in [0.29, 0.717) is 12.5 Å². The molecular weight excluding hydrogens is 194 g/mol. The first-order valence-corrected chi connectivity index (χ1v) is 4.51. The Kier molecular flexibility index (Phi) is 2.29. The normalized spacial score (nSPS) is 14.7. The van der Waals surface area contributed by atoms with Crippen molar-refractivity contribution in [3.63, 3.8) is 0 Å². The third-order valence-corrected chi connectivity index (χ3v) is 2.16. The fourth-order valence-electron chi connectivity index (χ4n) is 1.39. The van der Waals surface area contributed by atoms with Crippen LogP contribution in [0.2, 0.25) is 0 Å². The number of carboxylic acid groups (broad SMARTS) is 1. The minimum atomic E-state index is -0.935. The Morgan fingerprint density at radius 2 is 2.33 bits per heavy atom. The van der Waals surface area contributed by atoms with Crippen molar-refractivity contribution >= 4 is 11.8 Å². The van der Waals surface area contributed by atoms with Gasteiger partial charge in [-0.15, -0.1) is 0 Å². The molecule has 0 saturated heterocycles. The number of hydrogen-bond donors (Lipinski definition) is 1. The number of hydrogen-bond acceptors (Lipinski definition) is 4. The number of aromatic nitrogens is 1. The molecule has 1 N–H and O–H groups in total. The van der Waals surface area contributed by atoms with E-state index in [1.807, 2.05) is 29.2 Å². The van der Waals surface area contributed by atoms with Crippen molar-refractivity contribution in [2.24, 2.45) is 0 Å². The molecule has 78 valence electrons. The molecule has 0 fully saturated rings. The van der Waals surface area contributed by atoms with Crippen molar-refractivity contribution in [3.8, 4) is 0 Å². The summed E-state index contributed by atoms with van der Waals surface area (Å²) < 4.78 is 0. The molecule has 1 aromatic heterocycles. The highest BCUT2D eigenvalue weighted by Gasteiger charge is 2.13. The van der Waals surface area contributed by atoms with Gasteiger partial charge < -0.3 is 14.9 Å². The van der Waals surface area contributed by atoms with E-state index in [1.165, 1.54) is 12.3 Å². The molecule has 2 rings (SSSR count). The maximum atomic E-state index is 10.8. The highest BCUT2D eigenvalue weighted by atomic mass is 16.4. The fraction of sp³-hybridized carbons (Fsp3) is 0.200. The van der Waals surface area contributed by atoms with Crippen LogP contribution in [0, 0.1) is 0 Å². The predicted molar refractivity (Wildman–Crippen MR) is 55.4 cm³/mol. The average Bonchev–Trinajstić information content (AvgIpc) is 2.65. The van der Waals surface area contributed by atoms with Gasteiger partial charge in [-0.3, -0.25) is 0 Å². The van der Waals surface area contributed by atoms with Crippen LogP contribution in [0.1, 0.15) is 10.4 Å². The minimum absolute atomic E-state index is 0.253. The molecular formula is C10H11N3O2. The lowest BCUT2D eigenvalue weighted by Crippen LogP contribution is -2.22. The second-order valence-electron chi connectivity index (χ2n) is 3.37. The molecule has 2 heterocycles. The number of anilines is 1. The van der Waals surface area contributed by atoms with Crippen LogP contribution in [-0.2, 0) is 0 Å². The Morgan fingerprint density at radius 3 is 2.93 bits per heavy atom. The molecule has 0 saturated carbocycles. The zero-order chi connectivity index (χ0) is 10.8. The molecule has 0 spiro atoms. The van der Waals surface area contributed by atoms with Crippen molar-refractivity contribution in [2.75, 3.05) is 18.6 Å². The molecule has 0 amide bonds. The molecule has 0 atom stereocenters. The topological polar surface area (TPSA) is 56.7 Å². The van der Waals surface area contributed by atoms with E-state index >= 15 is 0 Å². The van der Waals surface area contributed by atoms with E-state index in [9.17, 15) is 4.79 Å². The second kappa shape index (κ2) is 3.61. The molecule has 0 unspecified atom stereocenters. The van der Waals surface area contributed by atoms with Crippen molar-refractivity contribution in [3.05, 3.63) is 36.3 Å². The molecule has 0 radical (unpaired) electrons. The van der Waals surface area contributed by atoms with Gasteiger partial charge in [0.1, 0.15) is 5.82 Å². The molecule has 0 bridgehead atoms. The first kappa shape index (κ1) is 9.51. The number of nitrogens with zero attached hydrogens (tertiary/aromatic N) is 3. The van der Waals surface area contributed by atoms with Gasteiger partial charge in [0.2, 0.25) is 0 Å². The van der Waals surface area contributed by atoms with Crippen LogP contribution in [0.5, 0.6) is 0 Å². The molecule has 1 aromatic rings. The molecule has 5 nitrogen and oxygen atoms in total. The molecule has 5 heteroatoms. The lowest BCUT2D eigenvalue weighted by atomic mass is 10.2. The van der Waals surface area contributed by atoms with E-state index in [4.69, 9.17) is 5.11 Å². The van der Waals surface area contributed by atoms with Crippen molar-refractivity contribution in [2.45, 2.75) is 0 Å². The van der Waals surface area contributed by atoms with E-state index < -0.39 is 5.97 Å². The van der Waals surface area contributed by atoms with E-state index in [-0.39, 0.29) is 5.56 Å². The summed E-state index contributed by atoms with van der Waals surface area (Å²) in [6.45, 7) is 0.691. The zero-order valence-corrected chi connectivity index (χ0v) is 8.29. The van der Waals surface area contributed by atoms with Gasteiger partial charge in [0, 0.05) is 25.6 Å². The van der Waals surface area contributed by atoms with E-state index in [1.54, 1.807) is 6.07 Å². The lowest BCUT2D eigenvalue weighted by Gasteiger charge is -2.17. The summed E-state index contributed by atoms with van der Waals surface area (Å²) in [6, 6.07) is 3.04. The summed E-state index contributed by atoms with van der Waals surface area (Å²) in [7, 11) is 1.94. The summed E-state index contributed by atoms with van der Waals surface area (Å²) in [5, 5.41) is 8.83. The second-order valence-corrected chi connectivity index (χ2v) is 3.37. The van der Waals surface area contributed by atoms with Gasteiger partial charge in [0.15, 0.2) is 0 Å². The molecule has 0 aliphatic carbocycles. The summed E-state index contributed by atoms with van der Waals surface area (Å²) >= 11 is 0. The third-order valence-electron chi connectivity index (χ3n) is 2.16. The molecule has 0 aromatic carbocycles. The summed E-state index contributed by atoms with van der Waals surface area (Å²) in [5.41, 5.74) is 0.253. The smallest absolute Gasteiger partial charge is 0.335 e. The molecule has 1 aliphatic heterocycles. The maximum Gasteiger partial charge on any atom is 0.335 e. The monoisotopic (exact) mass is 205 g/mol. The van der Waals surface area contributed by atoms with Crippen molar-refractivity contribution < 1.29 is 9.90 Å². The Bertz CT molecular complexity index is 417. The average molecular weight is 205 g/mol. The van der Waals surface area contributed by atoms with Gasteiger partial charge in [-0.1, -0.05) is 0 Å². The van der Waals surface area contributed by atoms with Crippen LogP contribution in [0.15, 0.2) is 30.7 Å². The van der Waals surface area contributed by atoms with Crippen LogP contribution < -0.4 is 4.90 Å². The van der Waals surface area contributed by atoms with Gasteiger partial charge in [-0.05, 0) is 12.1 Å². The van der Waals surface area contributed by atoms with Crippen molar-refractivity contribution in [1.82, 2.24) is 9.88 Å². The first-order valence-electron chi connectivity index (χ1n) is 4.51. The van der Waals surface area contributed by atoms with Gasteiger partial charge >= 0.3 is 5.97 Å². The third kappa shape index (κ3) is 1.90. The molecule has 15 heavy (non-hydrogen) atoms. The Hall–Kier alpha value is -2.04. The first-order chi connectivity index (χ1) is 7.16. The van der Waals surface area contributed by atoms with Crippen molar-refractivity contribution in [1.29, 1.82) is 0 Å². The zero-order valence-electron chi connectivity index (χ0n) is 8.29. The predicted octanol–water partition coefficient (Wildman–Crippen LogP) is 0.960. The Balaban J connectivity index is 2.26. The maximum absolute atomic E-state index is 10.8. The van der Waals surface area contributed by atoms with Crippen LogP contribution in [0.3, 0.4) is 0 Å². The number of carboxylic acids is 1. The Labute approximate surface area is 87.3 Å². The SMILES string of the molecule is CN1C=CN(c2cc(C(=O)O)ccn2)C1. The fourth-order valence-corrected chi connectivity index (χ4v) is 1.39. The number of rotatable bonds is 2. The number of aromatic carboxylic acids is 1. The Morgan fingerprint density at radius 1 is 1.53 bits per heavy atom. The summed E-state index contributed by atoms with van der Waals surface area (Å²) in [4.78, 5) is 18.7. The van der Waals surface area contributed by atoms with Crippen LogP contribution in [0.25, 0.3) is 0 Å². The quantitative estimate of drug-likeness (QED) is 0.779. The lowest BCUT2D eigenvalue weighted by molar-refractivity contribution is 0.0697. The van der Waals surface area contributed by atoms with Gasteiger partial charge in [0.05, 0.1) is 12.2 Å². The number of carbonyl (C=O) groups is 1. The van der Waals surface area contributed by atoms with Gasteiger partial charge in [0.25, 0.3) is 0 Å². The largest absolute Gasteiger partial charge is 0.478 e. The van der Waals surface area contributed by atoms with Crippen LogP contribution in [0.4, 0.5) is 5.82 Å². The summed E-state index contributed by atoms with van der Waals surface area (Å²) in [6.07, 6.45) is 5.29. The highest BCUT2D eigenvalue weighted by Crippen LogP contribution is 2.16. The van der Waals surface area contributed by atoms with Crippen LogP contribution in [-0.4, -0.2) is 34.7 Å². The standard InChI is InChI=1S/C10H11N3O2/c1-12-4-5-13(7-12)9-6-8(10(14)15)2-3-11-9/h2-6H,7H2,1H3,(H,14,15).